The van der Waals surface area contributed by atoms with Crippen molar-refractivity contribution >= 4 is 15.9 Å². The van der Waals surface area contributed by atoms with Gasteiger partial charge in [-0.15, -0.1) is 0 Å². The van der Waals surface area contributed by atoms with Gasteiger partial charge in [-0.3, -0.25) is 0 Å². The van der Waals surface area contributed by atoms with Crippen molar-refractivity contribution in [2.75, 3.05) is 0 Å². The molecular formula is C15H16BrNO. The number of halogens is 1. The van der Waals surface area contributed by atoms with E-state index in [0.29, 0.717) is 0 Å². The normalized spacial score (nSPS) is 10.6. The Labute approximate surface area is 116 Å². The number of benzene rings is 2. The average molecular weight is 306 g/mol. The van der Waals surface area contributed by atoms with Crippen LogP contribution >= 0.6 is 15.9 Å². The van der Waals surface area contributed by atoms with E-state index in [0.717, 1.165) is 23.1 Å². The van der Waals surface area contributed by atoms with Crippen LogP contribution in [-0.4, -0.2) is 5.11 Å². The molecule has 0 saturated carbocycles. The lowest BCUT2D eigenvalue weighted by atomic mass is 10.1. The summed E-state index contributed by atoms with van der Waals surface area (Å²) in [4.78, 5) is 0. The van der Waals surface area contributed by atoms with Crippen LogP contribution < -0.4 is 5.32 Å². The van der Waals surface area contributed by atoms with Crippen molar-refractivity contribution in [3.8, 4) is 0 Å². The predicted octanol–water partition coefficient (Wildman–Crippen LogP) is 3.23. The van der Waals surface area contributed by atoms with E-state index in [9.17, 15) is 0 Å². The molecule has 2 rings (SSSR count). The minimum atomic E-state index is 0.104. The highest BCUT2D eigenvalue weighted by Crippen LogP contribution is 2.10. The Kier molecular flexibility index (Phi) is 4.93. The fourth-order valence-corrected chi connectivity index (χ4v) is 1.98. The molecule has 0 aliphatic carbocycles. The highest BCUT2D eigenvalue weighted by molar-refractivity contribution is 9.10. The highest BCUT2D eigenvalue weighted by atomic mass is 79.9. The van der Waals surface area contributed by atoms with E-state index in [1.807, 2.05) is 36.4 Å². The first-order valence-electron chi connectivity index (χ1n) is 5.92. The number of aliphatic hydroxyl groups excluding tert-OH is 1. The molecular weight excluding hydrogens is 290 g/mol. The van der Waals surface area contributed by atoms with Crippen molar-refractivity contribution in [2.45, 2.75) is 19.7 Å². The molecule has 2 nitrogen and oxygen atoms in total. The largest absolute Gasteiger partial charge is 0.392 e. The Balaban J connectivity index is 1.82. The van der Waals surface area contributed by atoms with Gasteiger partial charge in [0.15, 0.2) is 0 Å². The summed E-state index contributed by atoms with van der Waals surface area (Å²) in [5.74, 6) is 0. The zero-order chi connectivity index (χ0) is 12.8. The van der Waals surface area contributed by atoms with Crippen molar-refractivity contribution in [1.82, 2.24) is 5.32 Å². The number of rotatable bonds is 5. The van der Waals surface area contributed by atoms with Crippen LogP contribution in [0.15, 0.2) is 53.0 Å². The second-order valence-corrected chi connectivity index (χ2v) is 5.12. The second kappa shape index (κ2) is 6.69. The summed E-state index contributed by atoms with van der Waals surface area (Å²) < 4.78 is 1.10. The number of nitrogens with one attached hydrogen (secondary N) is 1. The van der Waals surface area contributed by atoms with E-state index >= 15 is 0 Å². The highest BCUT2D eigenvalue weighted by Gasteiger charge is 1.95. The Morgan fingerprint density at radius 3 is 1.72 bits per heavy atom. The zero-order valence-corrected chi connectivity index (χ0v) is 11.7. The third kappa shape index (κ3) is 3.95. The molecule has 0 aliphatic heterocycles. The van der Waals surface area contributed by atoms with E-state index in [2.05, 4.69) is 33.4 Å². The Bertz CT molecular complexity index is 479. The third-order valence-corrected chi connectivity index (χ3v) is 3.31. The average Bonchev–Trinajstić information content (AvgIpc) is 2.42. The second-order valence-electron chi connectivity index (χ2n) is 4.20. The molecule has 0 bridgehead atoms. The lowest BCUT2D eigenvalue weighted by Gasteiger charge is -2.06. The van der Waals surface area contributed by atoms with Crippen LogP contribution in [0.1, 0.15) is 16.7 Å². The van der Waals surface area contributed by atoms with Crippen LogP contribution in [0.2, 0.25) is 0 Å². The summed E-state index contributed by atoms with van der Waals surface area (Å²) in [7, 11) is 0. The molecule has 0 spiro atoms. The van der Waals surface area contributed by atoms with E-state index in [-0.39, 0.29) is 6.61 Å². The quantitative estimate of drug-likeness (QED) is 0.889. The number of aliphatic hydroxyl groups is 1. The molecule has 0 heterocycles. The van der Waals surface area contributed by atoms with Crippen molar-refractivity contribution in [1.29, 1.82) is 0 Å². The Morgan fingerprint density at radius 1 is 0.778 bits per heavy atom. The maximum absolute atomic E-state index is 8.96. The lowest BCUT2D eigenvalue weighted by Crippen LogP contribution is -2.12. The molecule has 0 amide bonds. The molecule has 0 saturated heterocycles. The van der Waals surface area contributed by atoms with Gasteiger partial charge in [-0.2, -0.15) is 0 Å². The first-order valence-corrected chi connectivity index (χ1v) is 6.71. The fraction of sp³-hybridized carbons (Fsp3) is 0.200. The van der Waals surface area contributed by atoms with Crippen LogP contribution in [0.3, 0.4) is 0 Å². The molecule has 0 radical (unpaired) electrons. The molecule has 0 aromatic heterocycles. The molecule has 0 atom stereocenters. The van der Waals surface area contributed by atoms with Gasteiger partial charge < -0.3 is 10.4 Å². The van der Waals surface area contributed by atoms with Crippen LogP contribution in [-0.2, 0) is 19.7 Å². The molecule has 18 heavy (non-hydrogen) atoms. The minimum Gasteiger partial charge on any atom is -0.392 e. The van der Waals surface area contributed by atoms with Gasteiger partial charge in [0.1, 0.15) is 0 Å². The summed E-state index contributed by atoms with van der Waals surface area (Å²) in [5, 5.41) is 12.4. The van der Waals surface area contributed by atoms with Crippen molar-refractivity contribution < 1.29 is 5.11 Å². The molecule has 0 unspecified atom stereocenters. The van der Waals surface area contributed by atoms with Gasteiger partial charge in [0.2, 0.25) is 0 Å². The van der Waals surface area contributed by atoms with Gasteiger partial charge >= 0.3 is 0 Å². The molecule has 3 heteroatoms. The lowest BCUT2D eigenvalue weighted by molar-refractivity contribution is 0.282. The van der Waals surface area contributed by atoms with E-state index in [4.69, 9.17) is 5.11 Å². The van der Waals surface area contributed by atoms with Crippen molar-refractivity contribution in [2.24, 2.45) is 0 Å². The third-order valence-electron chi connectivity index (χ3n) is 2.78. The first kappa shape index (κ1) is 13.3. The van der Waals surface area contributed by atoms with Gasteiger partial charge in [0.25, 0.3) is 0 Å². The van der Waals surface area contributed by atoms with Gasteiger partial charge in [-0.05, 0) is 28.8 Å². The summed E-state index contributed by atoms with van der Waals surface area (Å²) >= 11 is 3.42. The molecule has 2 aromatic rings. The maximum atomic E-state index is 8.96. The summed E-state index contributed by atoms with van der Waals surface area (Å²) in [6.45, 7) is 1.80. The monoisotopic (exact) mass is 305 g/mol. The summed E-state index contributed by atoms with van der Waals surface area (Å²) in [5.41, 5.74) is 3.45. The smallest absolute Gasteiger partial charge is 0.0681 e. The van der Waals surface area contributed by atoms with Crippen molar-refractivity contribution in [3.63, 3.8) is 0 Å². The molecule has 2 aromatic carbocycles. The fourth-order valence-electron chi connectivity index (χ4n) is 1.72. The zero-order valence-electron chi connectivity index (χ0n) is 10.1. The first-order chi connectivity index (χ1) is 8.78. The van der Waals surface area contributed by atoms with Crippen LogP contribution in [0.25, 0.3) is 0 Å². The van der Waals surface area contributed by atoms with Gasteiger partial charge in [-0.25, -0.2) is 0 Å². The Hall–Kier alpha value is -1.16. The number of hydrogen-bond donors (Lipinski definition) is 2. The molecule has 94 valence electrons. The SMILES string of the molecule is OCc1ccc(CNCc2ccc(Br)cc2)cc1. The topological polar surface area (TPSA) is 32.3 Å². The van der Waals surface area contributed by atoms with Crippen molar-refractivity contribution in [3.05, 3.63) is 69.7 Å². The standard InChI is InChI=1S/C15H16BrNO/c16-15-7-5-13(6-8-15)10-17-9-12-1-3-14(11-18)4-2-12/h1-8,17-18H,9-11H2. The van der Waals surface area contributed by atoms with Gasteiger partial charge in [0, 0.05) is 17.6 Å². The van der Waals surface area contributed by atoms with E-state index in [1.54, 1.807) is 0 Å². The van der Waals surface area contributed by atoms with E-state index in [1.165, 1.54) is 11.1 Å². The van der Waals surface area contributed by atoms with Crippen LogP contribution in [0.5, 0.6) is 0 Å². The van der Waals surface area contributed by atoms with Gasteiger partial charge in [0.05, 0.1) is 6.61 Å². The van der Waals surface area contributed by atoms with Crippen LogP contribution in [0.4, 0.5) is 0 Å². The number of hydrogen-bond acceptors (Lipinski definition) is 2. The summed E-state index contributed by atoms with van der Waals surface area (Å²) in [6, 6.07) is 16.3. The van der Waals surface area contributed by atoms with Crippen LogP contribution in [0, 0.1) is 0 Å². The predicted molar refractivity (Wildman–Crippen MR) is 77.1 cm³/mol. The Morgan fingerprint density at radius 2 is 1.22 bits per heavy atom. The summed E-state index contributed by atoms with van der Waals surface area (Å²) in [6.07, 6.45) is 0. The molecule has 2 N–H and O–H groups in total. The minimum absolute atomic E-state index is 0.104. The maximum Gasteiger partial charge on any atom is 0.0681 e. The van der Waals surface area contributed by atoms with E-state index < -0.39 is 0 Å². The molecule has 0 fully saturated rings. The van der Waals surface area contributed by atoms with Gasteiger partial charge in [-0.1, -0.05) is 52.3 Å². The molecule has 0 aliphatic rings.